The van der Waals surface area contributed by atoms with Crippen LogP contribution in [0.3, 0.4) is 0 Å². The fourth-order valence-corrected chi connectivity index (χ4v) is 1.59. The maximum Gasteiger partial charge on any atom is 0.153 e. The van der Waals surface area contributed by atoms with Crippen LogP contribution in [0.4, 0.5) is 0 Å². The smallest absolute Gasteiger partial charge is 0.153 e. The zero-order valence-corrected chi connectivity index (χ0v) is 9.47. The normalized spacial score (nSPS) is 12.7. The fraction of sp³-hybridized carbons (Fsp3) is 0.308. The van der Waals surface area contributed by atoms with Crippen molar-refractivity contribution in [1.82, 2.24) is 4.98 Å². The molecule has 2 rings (SSSR count). The zero-order chi connectivity index (χ0) is 11.5. The van der Waals surface area contributed by atoms with E-state index in [9.17, 15) is 5.11 Å². The van der Waals surface area contributed by atoms with Crippen molar-refractivity contribution >= 4 is 0 Å². The van der Waals surface area contributed by atoms with Crippen molar-refractivity contribution in [2.45, 2.75) is 26.4 Å². The topological polar surface area (TPSA) is 46.3 Å². The van der Waals surface area contributed by atoms with E-state index in [1.807, 2.05) is 32.0 Å². The lowest BCUT2D eigenvalue weighted by Gasteiger charge is -2.07. The van der Waals surface area contributed by atoms with Gasteiger partial charge < -0.3 is 9.52 Å². The highest BCUT2D eigenvalue weighted by Crippen LogP contribution is 2.22. The first-order valence-corrected chi connectivity index (χ1v) is 5.41. The second kappa shape index (κ2) is 4.49. The molecule has 0 aliphatic rings. The molecular formula is C13H15NO2. The number of nitrogens with zero attached hydrogens (tertiary/aromatic N) is 1. The van der Waals surface area contributed by atoms with Gasteiger partial charge >= 0.3 is 0 Å². The first-order valence-electron chi connectivity index (χ1n) is 5.41. The van der Waals surface area contributed by atoms with E-state index in [2.05, 4.69) is 4.98 Å². The van der Waals surface area contributed by atoms with Crippen LogP contribution < -0.4 is 0 Å². The molecule has 1 unspecified atom stereocenters. The van der Waals surface area contributed by atoms with Crippen LogP contribution in [0.5, 0.6) is 0 Å². The summed E-state index contributed by atoms with van der Waals surface area (Å²) >= 11 is 0. The highest BCUT2D eigenvalue weighted by molar-refractivity contribution is 5.21. The molecule has 2 heterocycles. The lowest BCUT2D eigenvalue weighted by atomic mass is 10.2. The third-order valence-corrected chi connectivity index (χ3v) is 2.49. The maximum absolute atomic E-state index is 10.1. The molecule has 0 spiro atoms. The van der Waals surface area contributed by atoms with E-state index in [1.165, 1.54) is 0 Å². The number of hydrogen-bond donors (Lipinski definition) is 1. The van der Waals surface area contributed by atoms with Gasteiger partial charge in [0.05, 0.1) is 5.69 Å². The van der Waals surface area contributed by atoms with Gasteiger partial charge in [-0.25, -0.2) is 0 Å². The molecule has 3 nitrogen and oxygen atoms in total. The molecular weight excluding hydrogens is 202 g/mol. The van der Waals surface area contributed by atoms with Crippen LogP contribution in [-0.2, 0) is 6.42 Å². The summed E-state index contributed by atoms with van der Waals surface area (Å²) in [6, 6.07) is 9.26. The summed E-state index contributed by atoms with van der Waals surface area (Å²) in [5, 5.41) is 10.1. The summed E-state index contributed by atoms with van der Waals surface area (Å²) in [5.74, 6) is 1.43. The predicted molar refractivity (Wildman–Crippen MR) is 61.1 cm³/mol. The van der Waals surface area contributed by atoms with Gasteiger partial charge in [0, 0.05) is 12.1 Å². The Bertz CT molecular complexity index is 476. The van der Waals surface area contributed by atoms with E-state index in [4.69, 9.17) is 4.42 Å². The Morgan fingerprint density at radius 3 is 2.75 bits per heavy atom. The average molecular weight is 217 g/mol. The molecule has 0 amide bonds. The number of aromatic nitrogens is 1. The number of furan rings is 1. The first-order chi connectivity index (χ1) is 7.70. The summed E-state index contributed by atoms with van der Waals surface area (Å²) in [7, 11) is 0. The third-order valence-electron chi connectivity index (χ3n) is 2.49. The van der Waals surface area contributed by atoms with Gasteiger partial charge in [-0.15, -0.1) is 0 Å². The largest absolute Gasteiger partial charge is 0.463 e. The molecule has 3 heteroatoms. The molecule has 0 radical (unpaired) electrons. The Morgan fingerprint density at radius 1 is 1.31 bits per heavy atom. The first kappa shape index (κ1) is 10.9. The summed E-state index contributed by atoms with van der Waals surface area (Å²) in [6.45, 7) is 3.91. The molecule has 0 fully saturated rings. The van der Waals surface area contributed by atoms with E-state index in [1.54, 1.807) is 12.1 Å². The molecule has 16 heavy (non-hydrogen) atoms. The van der Waals surface area contributed by atoms with Gasteiger partial charge in [0.15, 0.2) is 6.10 Å². The Morgan fingerprint density at radius 2 is 2.12 bits per heavy atom. The van der Waals surface area contributed by atoms with Crippen LogP contribution in [-0.4, -0.2) is 10.1 Å². The summed E-state index contributed by atoms with van der Waals surface area (Å²) in [6.07, 6.45) is 0.0498. The summed E-state index contributed by atoms with van der Waals surface area (Å²) in [5.41, 5.74) is 1.51. The predicted octanol–water partition coefficient (Wildman–Crippen LogP) is 2.63. The van der Waals surface area contributed by atoms with Crippen LogP contribution >= 0.6 is 0 Å². The number of rotatable bonds is 3. The molecule has 1 N–H and O–H groups in total. The Balaban J connectivity index is 2.27. The van der Waals surface area contributed by atoms with Crippen LogP contribution in [0.25, 0.3) is 0 Å². The molecule has 0 saturated carbocycles. The van der Waals surface area contributed by atoms with E-state index < -0.39 is 6.10 Å². The van der Waals surface area contributed by atoms with Gasteiger partial charge in [-0.3, -0.25) is 4.98 Å². The molecule has 1 atom stereocenters. The van der Waals surface area contributed by atoms with Crippen molar-refractivity contribution in [3.05, 3.63) is 53.2 Å². The van der Waals surface area contributed by atoms with Gasteiger partial charge in [0.1, 0.15) is 11.5 Å². The number of aliphatic hydroxyl groups is 1. The SMILES string of the molecule is CCc1ccc(C(O)c2cccc(C)n2)o1. The van der Waals surface area contributed by atoms with Gasteiger partial charge in [-0.05, 0) is 31.2 Å². The standard InChI is InChI=1S/C13H15NO2/c1-3-10-7-8-12(16-10)13(15)11-6-4-5-9(2)14-11/h4-8,13,15H,3H2,1-2H3. The highest BCUT2D eigenvalue weighted by Gasteiger charge is 2.15. The van der Waals surface area contributed by atoms with Crippen molar-refractivity contribution in [3.63, 3.8) is 0 Å². The molecule has 0 aliphatic heterocycles. The Kier molecular flexibility index (Phi) is 3.06. The van der Waals surface area contributed by atoms with Crippen LogP contribution in [0, 0.1) is 6.92 Å². The highest BCUT2D eigenvalue weighted by atomic mass is 16.4. The quantitative estimate of drug-likeness (QED) is 0.859. The molecule has 0 aromatic carbocycles. The van der Waals surface area contributed by atoms with Crippen LogP contribution in [0.2, 0.25) is 0 Å². The van der Waals surface area contributed by atoms with Gasteiger partial charge in [-0.1, -0.05) is 13.0 Å². The van der Waals surface area contributed by atoms with E-state index >= 15 is 0 Å². The summed E-state index contributed by atoms with van der Waals surface area (Å²) in [4.78, 5) is 4.27. The van der Waals surface area contributed by atoms with Gasteiger partial charge in [0.2, 0.25) is 0 Å². The number of aliphatic hydroxyl groups excluding tert-OH is 1. The van der Waals surface area contributed by atoms with Crippen LogP contribution in [0.1, 0.15) is 35.9 Å². The van der Waals surface area contributed by atoms with Gasteiger partial charge in [0.25, 0.3) is 0 Å². The molecule has 2 aromatic heterocycles. The zero-order valence-electron chi connectivity index (χ0n) is 9.47. The minimum atomic E-state index is -0.778. The monoisotopic (exact) mass is 217 g/mol. The Hall–Kier alpha value is -1.61. The van der Waals surface area contributed by atoms with Crippen LogP contribution in [0.15, 0.2) is 34.7 Å². The molecule has 0 bridgehead atoms. The van der Waals surface area contributed by atoms with E-state index in [0.29, 0.717) is 11.5 Å². The third kappa shape index (κ3) is 2.14. The Labute approximate surface area is 94.8 Å². The van der Waals surface area contributed by atoms with Crippen molar-refractivity contribution in [2.75, 3.05) is 0 Å². The van der Waals surface area contributed by atoms with Gasteiger partial charge in [-0.2, -0.15) is 0 Å². The second-order valence-corrected chi connectivity index (χ2v) is 3.76. The average Bonchev–Trinajstić information content (AvgIpc) is 2.76. The van der Waals surface area contributed by atoms with Crippen molar-refractivity contribution < 1.29 is 9.52 Å². The lowest BCUT2D eigenvalue weighted by Crippen LogP contribution is -2.01. The molecule has 2 aromatic rings. The minimum absolute atomic E-state index is 0.551. The van der Waals surface area contributed by atoms with Crippen molar-refractivity contribution in [3.8, 4) is 0 Å². The van der Waals surface area contributed by atoms with Crippen molar-refractivity contribution in [2.24, 2.45) is 0 Å². The number of aryl methyl sites for hydroxylation is 2. The lowest BCUT2D eigenvalue weighted by molar-refractivity contribution is 0.182. The van der Waals surface area contributed by atoms with Crippen molar-refractivity contribution in [1.29, 1.82) is 0 Å². The van der Waals surface area contributed by atoms with E-state index in [0.717, 1.165) is 17.9 Å². The molecule has 84 valence electrons. The summed E-state index contributed by atoms with van der Waals surface area (Å²) < 4.78 is 5.50. The molecule has 0 aliphatic carbocycles. The number of hydrogen-bond acceptors (Lipinski definition) is 3. The second-order valence-electron chi connectivity index (χ2n) is 3.76. The minimum Gasteiger partial charge on any atom is -0.463 e. The molecule has 0 saturated heterocycles. The van der Waals surface area contributed by atoms with E-state index in [-0.39, 0.29) is 0 Å². The maximum atomic E-state index is 10.1. The number of pyridine rings is 1. The fourth-order valence-electron chi connectivity index (χ4n) is 1.59.